The maximum atomic E-state index is 11.8. The number of carbonyl (C=O) groups excluding carboxylic acids is 1. The van der Waals surface area contributed by atoms with Crippen LogP contribution in [0.5, 0.6) is 0 Å². The second kappa shape index (κ2) is 8.40. The Labute approximate surface area is 202 Å². The number of aromatic nitrogens is 2. The number of benzene rings is 2. The minimum absolute atomic E-state index is 0.159. The molecule has 33 heavy (non-hydrogen) atoms. The minimum atomic E-state index is -0.283. The van der Waals surface area contributed by atoms with E-state index in [1.807, 2.05) is 48.7 Å². The first kappa shape index (κ1) is 21.8. The third-order valence-electron chi connectivity index (χ3n) is 6.05. The van der Waals surface area contributed by atoms with Crippen LogP contribution in [-0.2, 0) is 16.0 Å². The van der Waals surface area contributed by atoms with Crippen molar-refractivity contribution in [2.24, 2.45) is 0 Å². The van der Waals surface area contributed by atoms with Crippen LogP contribution in [-0.4, -0.2) is 21.7 Å². The van der Waals surface area contributed by atoms with Crippen LogP contribution in [0.2, 0.25) is 10.0 Å². The average molecular weight is 480 g/mol. The zero-order valence-electron chi connectivity index (χ0n) is 18.5. The highest BCUT2D eigenvalue weighted by atomic mass is 35.5. The van der Waals surface area contributed by atoms with Crippen molar-refractivity contribution in [1.29, 1.82) is 0 Å². The number of anilines is 1. The zero-order chi connectivity index (χ0) is 23.3. The smallest absolute Gasteiger partial charge is 0.302 e. The fourth-order valence-corrected chi connectivity index (χ4v) is 5.23. The normalized spacial score (nSPS) is 17.2. The first-order chi connectivity index (χ1) is 15.8. The Morgan fingerprint density at radius 3 is 2.67 bits per heavy atom. The molecule has 5 rings (SSSR count). The molecule has 5 nitrogen and oxygen atoms in total. The highest BCUT2D eigenvalue weighted by molar-refractivity contribution is 6.36. The first-order valence-corrected chi connectivity index (χ1v) is 11.5. The van der Waals surface area contributed by atoms with Crippen LogP contribution in [0, 0.1) is 13.8 Å². The third kappa shape index (κ3) is 3.96. The molecular weight excluding hydrogens is 457 g/mol. The van der Waals surface area contributed by atoms with Gasteiger partial charge in [0.25, 0.3) is 0 Å². The van der Waals surface area contributed by atoms with Crippen LogP contribution in [0.1, 0.15) is 35.3 Å². The van der Waals surface area contributed by atoms with E-state index in [1.165, 1.54) is 12.5 Å². The Balaban J connectivity index is 1.63. The molecule has 2 aromatic heterocycles. The van der Waals surface area contributed by atoms with E-state index in [0.717, 1.165) is 39.3 Å². The molecule has 2 heterocycles. The molecule has 1 aliphatic rings. The number of nitrogens with one attached hydrogen (secondary N) is 1. The SMILES string of the molecule is CC(=O)OC1Cc2ccccc2C1Nc1cc(C)nn2c(-c3ccc(Cl)cc3Cl)c(C)cc12. The molecule has 4 aromatic rings. The molecule has 0 spiro atoms. The van der Waals surface area contributed by atoms with Crippen molar-refractivity contribution in [3.05, 3.63) is 87.0 Å². The Morgan fingerprint density at radius 2 is 1.91 bits per heavy atom. The molecule has 0 saturated heterocycles. The lowest BCUT2D eigenvalue weighted by Crippen LogP contribution is -2.26. The van der Waals surface area contributed by atoms with E-state index >= 15 is 0 Å². The number of fused-ring (bicyclic) bond motifs is 2. The summed E-state index contributed by atoms with van der Waals surface area (Å²) in [6.07, 6.45) is 0.397. The van der Waals surface area contributed by atoms with Crippen molar-refractivity contribution in [2.45, 2.75) is 39.3 Å². The summed E-state index contributed by atoms with van der Waals surface area (Å²) in [4.78, 5) is 11.8. The summed E-state index contributed by atoms with van der Waals surface area (Å²) in [6.45, 7) is 5.45. The monoisotopic (exact) mass is 479 g/mol. The van der Waals surface area contributed by atoms with Crippen molar-refractivity contribution in [3.63, 3.8) is 0 Å². The summed E-state index contributed by atoms with van der Waals surface area (Å²) in [7, 11) is 0. The van der Waals surface area contributed by atoms with Crippen LogP contribution in [0.3, 0.4) is 0 Å². The largest absolute Gasteiger partial charge is 0.460 e. The number of rotatable bonds is 4. The fourth-order valence-electron chi connectivity index (χ4n) is 4.73. The number of ether oxygens (including phenoxy) is 1. The van der Waals surface area contributed by atoms with Gasteiger partial charge in [0.05, 0.1) is 33.7 Å². The number of hydrogen-bond acceptors (Lipinski definition) is 4. The second-order valence-corrected chi connectivity index (χ2v) is 9.31. The van der Waals surface area contributed by atoms with E-state index in [0.29, 0.717) is 16.5 Å². The maximum absolute atomic E-state index is 11.8. The molecule has 7 heteroatoms. The Kier molecular flexibility index (Phi) is 5.55. The maximum Gasteiger partial charge on any atom is 0.302 e. The summed E-state index contributed by atoms with van der Waals surface area (Å²) in [5.74, 6) is -0.283. The van der Waals surface area contributed by atoms with Crippen molar-refractivity contribution in [2.75, 3.05) is 5.32 Å². The predicted octanol–water partition coefficient (Wildman–Crippen LogP) is 6.57. The molecule has 2 aromatic carbocycles. The van der Waals surface area contributed by atoms with Crippen LogP contribution >= 0.6 is 23.2 Å². The van der Waals surface area contributed by atoms with Gasteiger partial charge >= 0.3 is 5.97 Å². The van der Waals surface area contributed by atoms with Crippen LogP contribution < -0.4 is 5.32 Å². The molecule has 1 N–H and O–H groups in total. The van der Waals surface area contributed by atoms with Gasteiger partial charge in [-0.15, -0.1) is 0 Å². The van der Waals surface area contributed by atoms with Crippen molar-refractivity contribution in [3.8, 4) is 11.3 Å². The van der Waals surface area contributed by atoms with Gasteiger partial charge in [0, 0.05) is 23.9 Å². The van der Waals surface area contributed by atoms with Gasteiger partial charge in [0.15, 0.2) is 0 Å². The van der Waals surface area contributed by atoms with Gasteiger partial charge in [-0.2, -0.15) is 5.10 Å². The first-order valence-electron chi connectivity index (χ1n) is 10.8. The Bertz CT molecular complexity index is 1400. The summed E-state index contributed by atoms with van der Waals surface area (Å²) in [6, 6.07) is 17.6. The second-order valence-electron chi connectivity index (χ2n) is 8.47. The Morgan fingerprint density at radius 1 is 1.12 bits per heavy atom. The number of aryl methyl sites for hydroxylation is 2. The summed E-state index contributed by atoms with van der Waals surface area (Å²) < 4.78 is 7.61. The van der Waals surface area contributed by atoms with Crippen LogP contribution in [0.15, 0.2) is 54.6 Å². The molecule has 0 radical (unpaired) electrons. The molecule has 1 aliphatic carbocycles. The van der Waals surface area contributed by atoms with Gasteiger partial charge in [0.2, 0.25) is 0 Å². The summed E-state index contributed by atoms with van der Waals surface area (Å²) in [5, 5.41) is 9.60. The molecule has 0 saturated carbocycles. The van der Waals surface area contributed by atoms with Crippen molar-refractivity contribution >= 4 is 40.4 Å². The van der Waals surface area contributed by atoms with E-state index in [2.05, 4.69) is 23.5 Å². The molecular formula is C26H23Cl2N3O2. The highest BCUT2D eigenvalue weighted by Crippen LogP contribution is 2.39. The lowest BCUT2D eigenvalue weighted by Gasteiger charge is -2.23. The number of carbonyl (C=O) groups is 1. The van der Waals surface area contributed by atoms with Crippen molar-refractivity contribution < 1.29 is 9.53 Å². The van der Waals surface area contributed by atoms with E-state index in [-0.39, 0.29) is 18.1 Å². The van der Waals surface area contributed by atoms with E-state index in [9.17, 15) is 4.79 Å². The molecule has 0 fully saturated rings. The fraction of sp³-hybridized carbons (Fsp3) is 0.231. The lowest BCUT2D eigenvalue weighted by atomic mass is 10.1. The van der Waals surface area contributed by atoms with Gasteiger partial charge in [-0.1, -0.05) is 47.5 Å². The molecule has 2 atom stereocenters. The predicted molar refractivity (Wildman–Crippen MR) is 132 cm³/mol. The average Bonchev–Trinajstić information content (AvgIpc) is 3.25. The molecule has 0 bridgehead atoms. The summed E-state index contributed by atoms with van der Waals surface area (Å²) >= 11 is 12.7. The van der Waals surface area contributed by atoms with Gasteiger partial charge < -0.3 is 10.1 Å². The topological polar surface area (TPSA) is 55.6 Å². The minimum Gasteiger partial charge on any atom is -0.460 e. The Hall–Kier alpha value is -3.02. The van der Waals surface area contributed by atoms with Crippen LogP contribution in [0.25, 0.3) is 16.8 Å². The van der Waals surface area contributed by atoms with Crippen LogP contribution in [0.4, 0.5) is 5.69 Å². The van der Waals surface area contributed by atoms with E-state index in [1.54, 1.807) is 6.07 Å². The molecule has 0 aliphatic heterocycles. The highest BCUT2D eigenvalue weighted by Gasteiger charge is 2.35. The number of halogens is 2. The summed E-state index contributed by atoms with van der Waals surface area (Å²) in [5.41, 5.74) is 7.84. The van der Waals surface area contributed by atoms with E-state index in [4.69, 9.17) is 33.0 Å². The van der Waals surface area contributed by atoms with Gasteiger partial charge in [-0.25, -0.2) is 4.52 Å². The number of esters is 1. The zero-order valence-corrected chi connectivity index (χ0v) is 20.0. The van der Waals surface area contributed by atoms with Gasteiger partial charge in [0.1, 0.15) is 6.10 Å². The standard InChI is InChI=1S/C26H23Cl2N3O2/c1-14-10-23-22(29-25-19-7-5-4-6-17(19)12-24(25)33-16(3)32)11-15(2)30-31(23)26(14)20-9-8-18(27)13-21(20)28/h4-11,13,24-25,29H,12H2,1-3H3. The molecule has 2 unspecified atom stereocenters. The molecule has 168 valence electrons. The third-order valence-corrected chi connectivity index (χ3v) is 6.60. The number of nitrogens with zero attached hydrogens (tertiary/aromatic N) is 2. The quantitative estimate of drug-likeness (QED) is 0.336. The number of hydrogen-bond donors (Lipinski definition) is 1. The lowest BCUT2D eigenvalue weighted by molar-refractivity contribution is -0.146. The van der Waals surface area contributed by atoms with Gasteiger partial charge in [-0.05, 0) is 60.9 Å². The van der Waals surface area contributed by atoms with Gasteiger partial charge in [-0.3, -0.25) is 4.79 Å². The molecule has 0 amide bonds. The van der Waals surface area contributed by atoms with Crippen molar-refractivity contribution in [1.82, 2.24) is 9.61 Å². The van der Waals surface area contributed by atoms with E-state index < -0.39 is 0 Å².